The second kappa shape index (κ2) is 11.4. The lowest BCUT2D eigenvalue weighted by molar-refractivity contribution is -0.121. The molecule has 0 spiro atoms. The molecule has 0 aliphatic carbocycles. The van der Waals surface area contributed by atoms with Crippen molar-refractivity contribution < 1.29 is 9.21 Å². The van der Waals surface area contributed by atoms with Crippen LogP contribution < -0.4 is 10.9 Å². The van der Waals surface area contributed by atoms with E-state index in [1.165, 1.54) is 4.68 Å². The van der Waals surface area contributed by atoms with E-state index < -0.39 is 0 Å². The van der Waals surface area contributed by atoms with E-state index in [0.29, 0.717) is 18.1 Å². The number of carbonyl (C=O) groups excluding carboxylic acids is 1. The van der Waals surface area contributed by atoms with Crippen molar-refractivity contribution in [3.63, 3.8) is 0 Å². The Bertz CT molecular complexity index is 1320. The first-order valence-electron chi connectivity index (χ1n) is 12.5. The Morgan fingerprint density at radius 3 is 2.74 bits per heavy atom. The van der Waals surface area contributed by atoms with E-state index in [-0.39, 0.29) is 18.0 Å². The maximum absolute atomic E-state index is 13.3. The number of furan rings is 1. The predicted octanol–water partition coefficient (Wildman–Crippen LogP) is 4.16. The summed E-state index contributed by atoms with van der Waals surface area (Å²) in [6.07, 6.45) is 6.15. The Morgan fingerprint density at radius 1 is 1.17 bits per heavy atom. The predicted molar refractivity (Wildman–Crippen MR) is 138 cm³/mol. The number of benzene rings is 1. The molecule has 0 saturated carbocycles. The van der Waals surface area contributed by atoms with Crippen LogP contribution in [0.1, 0.15) is 45.8 Å². The van der Waals surface area contributed by atoms with E-state index >= 15 is 0 Å². The molecule has 3 aromatic heterocycles. The molecule has 8 nitrogen and oxygen atoms in total. The van der Waals surface area contributed by atoms with Crippen molar-refractivity contribution in [2.45, 2.75) is 65.7 Å². The second-order valence-electron chi connectivity index (χ2n) is 9.05. The molecule has 4 aromatic rings. The second-order valence-corrected chi connectivity index (χ2v) is 9.05. The van der Waals surface area contributed by atoms with Crippen molar-refractivity contribution in [1.29, 1.82) is 0 Å². The van der Waals surface area contributed by atoms with Gasteiger partial charge in [0, 0.05) is 42.0 Å². The fourth-order valence-corrected chi connectivity index (χ4v) is 4.58. The maximum Gasteiger partial charge on any atom is 0.291 e. The van der Waals surface area contributed by atoms with E-state index in [1.807, 2.05) is 41.0 Å². The Morgan fingerprint density at radius 2 is 2.00 bits per heavy atom. The quantitative estimate of drug-likeness (QED) is 0.310. The number of amides is 1. The molecule has 0 fully saturated rings. The molecule has 1 N–H and O–H groups in total. The van der Waals surface area contributed by atoms with Gasteiger partial charge in [0.1, 0.15) is 17.8 Å². The number of carbonyl (C=O) groups is 1. The molecule has 3 heterocycles. The number of hydrogen-bond donors (Lipinski definition) is 1. The van der Waals surface area contributed by atoms with Crippen LogP contribution in [0.25, 0.3) is 21.8 Å². The molecule has 186 valence electrons. The van der Waals surface area contributed by atoms with Gasteiger partial charge in [-0.1, -0.05) is 32.0 Å². The molecule has 0 aliphatic heterocycles. The third-order valence-corrected chi connectivity index (χ3v) is 6.61. The normalized spacial score (nSPS) is 12.6. The standard InChI is InChI=1S/C27H35N5O3/c1-4-14-31-24-12-7-6-11-22(24)23-17-29-32(27(34)26(23)31)19-25(33)28-13-9-15-30(20(3)5-2)18-21-10-8-16-35-21/h6-8,10-12,16-17,20H,4-5,9,13-15,18-19H2,1-3H3,(H,28,33)/t20-/m0/s1. The number of nitrogens with zero attached hydrogens (tertiary/aromatic N) is 4. The van der Waals surface area contributed by atoms with Crippen LogP contribution >= 0.6 is 0 Å². The molecule has 1 amide bonds. The van der Waals surface area contributed by atoms with Gasteiger partial charge < -0.3 is 14.3 Å². The number of nitrogens with one attached hydrogen (secondary N) is 1. The molecule has 1 atom stereocenters. The lowest BCUT2D eigenvalue weighted by atomic mass is 10.2. The van der Waals surface area contributed by atoms with Crippen molar-refractivity contribution in [3.8, 4) is 0 Å². The molecule has 8 heteroatoms. The summed E-state index contributed by atoms with van der Waals surface area (Å²) in [4.78, 5) is 28.3. The molecule has 0 aliphatic rings. The van der Waals surface area contributed by atoms with E-state index in [9.17, 15) is 9.59 Å². The van der Waals surface area contributed by atoms with Crippen molar-refractivity contribution >= 4 is 27.7 Å². The number of rotatable bonds is 12. The summed E-state index contributed by atoms with van der Waals surface area (Å²) in [5.41, 5.74) is 1.40. The maximum atomic E-state index is 13.3. The van der Waals surface area contributed by atoms with Crippen LogP contribution in [0.5, 0.6) is 0 Å². The van der Waals surface area contributed by atoms with Crippen LogP contribution in [0, 0.1) is 0 Å². The molecular weight excluding hydrogens is 442 g/mol. The summed E-state index contributed by atoms with van der Waals surface area (Å²) >= 11 is 0. The zero-order valence-corrected chi connectivity index (χ0v) is 20.9. The van der Waals surface area contributed by atoms with E-state index in [2.05, 4.69) is 36.1 Å². The highest BCUT2D eigenvalue weighted by molar-refractivity contribution is 6.07. The minimum atomic E-state index is -0.233. The average Bonchev–Trinajstić information content (AvgIpc) is 3.49. The van der Waals surface area contributed by atoms with Crippen LogP contribution in [-0.2, 0) is 24.4 Å². The van der Waals surface area contributed by atoms with Gasteiger partial charge in [-0.2, -0.15) is 5.10 Å². The Labute approximate surface area is 205 Å². The fraction of sp³-hybridized carbons (Fsp3) is 0.444. The largest absolute Gasteiger partial charge is 0.468 e. The van der Waals surface area contributed by atoms with Gasteiger partial charge in [0.05, 0.1) is 19.0 Å². The van der Waals surface area contributed by atoms with Gasteiger partial charge >= 0.3 is 0 Å². The highest BCUT2D eigenvalue weighted by Crippen LogP contribution is 2.26. The van der Waals surface area contributed by atoms with Gasteiger partial charge in [0.25, 0.3) is 5.56 Å². The minimum absolute atomic E-state index is 0.0934. The Hall–Kier alpha value is -3.39. The van der Waals surface area contributed by atoms with Crippen molar-refractivity contribution in [3.05, 3.63) is 65.0 Å². The van der Waals surface area contributed by atoms with Gasteiger partial charge in [0.2, 0.25) is 5.91 Å². The molecule has 0 saturated heterocycles. The van der Waals surface area contributed by atoms with Crippen LogP contribution in [0.3, 0.4) is 0 Å². The topological polar surface area (TPSA) is 85.3 Å². The minimum Gasteiger partial charge on any atom is -0.468 e. The highest BCUT2D eigenvalue weighted by atomic mass is 16.3. The van der Waals surface area contributed by atoms with Crippen molar-refractivity contribution in [1.82, 2.24) is 24.6 Å². The lowest BCUT2D eigenvalue weighted by Crippen LogP contribution is -2.37. The summed E-state index contributed by atoms with van der Waals surface area (Å²) in [6, 6.07) is 12.3. The highest BCUT2D eigenvalue weighted by Gasteiger charge is 2.17. The monoisotopic (exact) mass is 477 g/mol. The number of para-hydroxylation sites is 1. The van der Waals surface area contributed by atoms with Crippen LogP contribution in [0.2, 0.25) is 0 Å². The van der Waals surface area contributed by atoms with Crippen LogP contribution in [0.4, 0.5) is 0 Å². The molecule has 4 rings (SSSR count). The third kappa shape index (κ3) is 5.48. The van der Waals surface area contributed by atoms with Gasteiger partial charge in [0.15, 0.2) is 0 Å². The fourth-order valence-electron chi connectivity index (χ4n) is 4.58. The van der Waals surface area contributed by atoms with E-state index in [0.717, 1.165) is 60.9 Å². The Balaban J connectivity index is 1.40. The van der Waals surface area contributed by atoms with Gasteiger partial charge in [-0.3, -0.25) is 14.5 Å². The van der Waals surface area contributed by atoms with Crippen LogP contribution in [-0.4, -0.2) is 44.3 Å². The molecule has 0 bridgehead atoms. The molecule has 0 radical (unpaired) electrons. The van der Waals surface area contributed by atoms with Crippen molar-refractivity contribution in [2.75, 3.05) is 13.1 Å². The zero-order valence-electron chi connectivity index (χ0n) is 20.9. The first-order valence-corrected chi connectivity index (χ1v) is 12.5. The lowest BCUT2D eigenvalue weighted by Gasteiger charge is -2.27. The summed E-state index contributed by atoms with van der Waals surface area (Å²) in [5.74, 6) is 0.730. The van der Waals surface area contributed by atoms with Gasteiger partial charge in [-0.25, -0.2) is 4.68 Å². The number of hydrogen-bond acceptors (Lipinski definition) is 5. The van der Waals surface area contributed by atoms with Crippen LogP contribution in [0.15, 0.2) is 58.1 Å². The SMILES string of the molecule is CCCn1c2ccccc2c2cnn(CC(=O)NCCCN(Cc3ccco3)[C@@H](C)CC)c(=O)c21. The number of fused-ring (bicyclic) bond motifs is 3. The zero-order chi connectivity index (χ0) is 24.8. The molecule has 1 aromatic carbocycles. The van der Waals surface area contributed by atoms with Gasteiger partial charge in [-0.05, 0) is 44.4 Å². The first-order chi connectivity index (χ1) is 17.0. The third-order valence-electron chi connectivity index (χ3n) is 6.61. The molecular formula is C27H35N5O3. The number of aromatic nitrogens is 3. The summed E-state index contributed by atoms with van der Waals surface area (Å²) in [7, 11) is 0. The first kappa shape index (κ1) is 24.7. The van der Waals surface area contributed by atoms with Gasteiger partial charge in [-0.15, -0.1) is 0 Å². The van der Waals surface area contributed by atoms with E-state index in [1.54, 1.807) is 12.5 Å². The summed E-state index contributed by atoms with van der Waals surface area (Å²) < 4.78 is 8.82. The average molecular weight is 478 g/mol. The summed E-state index contributed by atoms with van der Waals surface area (Å²) in [6.45, 7) is 9.24. The van der Waals surface area contributed by atoms with E-state index in [4.69, 9.17) is 4.42 Å². The summed E-state index contributed by atoms with van der Waals surface area (Å²) in [5, 5.41) is 9.10. The molecule has 0 unspecified atom stereocenters. The smallest absolute Gasteiger partial charge is 0.291 e. The number of aryl methyl sites for hydroxylation is 1. The molecule has 35 heavy (non-hydrogen) atoms. The van der Waals surface area contributed by atoms with Crippen molar-refractivity contribution in [2.24, 2.45) is 0 Å². The Kier molecular flexibility index (Phi) is 8.02.